The fourth-order valence-corrected chi connectivity index (χ4v) is 1.97. The summed E-state index contributed by atoms with van der Waals surface area (Å²) in [6.45, 7) is 6.66. The van der Waals surface area contributed by atoms with Crippen molar-refractivity contribution in [1.29, 1.82) is 0 Å². The van der Waals surface area contributed by atoms with Crippen molar-refractivity contribution in [2.75, 3.05) is 5.32 Å². The maximum absolute atomic E-state index is 11.4. The highest BCUT2D eigenvalue weighted by Gasteiger charge is 2.40. The molecule has 0 aliphatic carbocycles. The molecule has 1 amide bonds. The van der Waals surface area contributed by atoms with Crippen LogP contribution in [0.25, 0.3) is 0 Å². The number of para-hydroxylation sites is 1. The van der Waals surface area contributed by atoms with Crippen molar-refractivity contribution in [3.8, 4) is 0 Å². The van der Waals surface area contributed by atoms with E-state index in [9.17, 15) is 14.9 Å². The van der Waals surface area contributed by atoms with E-state index in [1.54, 1.807) is 39.8 Å². The summed E-state index contributed by atoms with van der Waals surface area (Å²) >= 11 is 0. The van der Waals surface area contributed by atoms with Crippen LogP contribution in [-0.2, 0) is 15.9 Å². The van der Waals surface area contributed by atoms with Gasteiger partial charge in [0.25, 0.3) is 0 Å². The molecule has 3 N–H and O–H groups in total. The number of hydrogen-bond donors (Lipinski definition) is 3. The SMILES string of the molecule is CC(C)(O)C(C)(C)OB(O)c1cccc2c1NC(=O)C2. The number of anilines is 1. The summed E-state index contributed by atoms with van der Waals surface area (Å²) in [7, 11) is -1.22. The van der Waals surface area contributed by atoms with E-state index in [2.05, 4.69) is 5.32 Å². The van der Waals surface area contributed by atoms with E-state index in [0.29, 0.717) is 17.6 Å². The normalized spacial score (nSPS) is 15.0. The molecule has 0 saturated heterocycles. The Morgan fingerprint density at radius 2 is 1.95 bits per heavy atom. The molecule has 1 aliphatic heterocycles. The highest BCUT2D eigenvalue weighted by Crippen LogP contribution is 2.27. The number of carbonyl (C=O) groups is 1. The van der Waals surface area contributed by atoms with E-state index in [0.717, 1.165) is 5.56 Å². The van der Waals surface area contributed by atoms with Gasteiger partial charge < -0.3 is 20.1 Å². The molecule has 6 heteroatoms. The molecule has 1 aliphatic rings. The van der Waals surface area contributed by atoms with Crippen LogP contribution in [0, 0.1) is 0 Å². The van der Waals surface area contributed by atoms with Crippen LogP contribution in [0.4, 0.5) is 5.69 Å². The third-order valence-electron chi connectivity index (χ3n) is 3.94. The lowest BCUT2D eigenvalue weighted by molar-refractivity contribution is -0.115. The molecule has 2 rings (SSSR count). The van der Waals surface area contributed by atoms with Crippen LogP contribution >= 0.6 is 0 Å². The number of hydrogen-bond acceptors (Lipinski definition) is 4. The highest BCUT2D eigenvalue weighted by molar-refractivity contribution is 6.62. The molecule has 1 aromatic carbocycles. The van der Waals surface area contributed by atoms with Gasteiger partial charge in [-0.15, -0.1) is 0 Å². The van der Waals surface area contributed by atoms with Crippen molar-refractivity contribution in [1.82, 2.24) is 0 Å². The van der Waals surface area contributed by atoms with Gasteiger partial charge in [-0.25, -0.2) is 0 Å². The predicted octanol–water partition coefficient (Wildman–Crippen LogP) is 0.435. The van der Waals surface area contributed by atoms with Gasteiger partial charge >= 0.3 is 7.12 Å². The molecule has 0 radical (unpaired) electrons. The zero-order chi connectivity index (χ0) is 15.1. The first-order chi connectivity index (χ1) is 9.12. The van der Waals surface area contributed by atoms with Crippen molar-refractivity contribution in [2.24, 2.45) is 0 Å². The van der Waals surface area contributed by atoms with Crippen molar-refractivity contribution in [3.05, 3.63) is 23.8 Å². The Morgan fingerprint density at radius 1 is 1.30 bits per heavy atom. The molecule has 0 spiro atoms. The van der Waals surface area contributed by atoms with Crippen LogP contribution in [0.15, 0.2) is 18.2 Å². The predicted molar refractivity (Wildman–Crippen MR) is 77.8 cm³/mol. The van der Waals surface area contributed by atoms with E-state index in [1.165, 1.54) is 0 Å². The molecule has 1 heterocycles. The van der Waals surface area contributed by atoms with Gasteiger partial charge in [-0.05, 0) is 33.3 Å². The largest absolute Gasteiger partial charge is 0.493 e. The van der Waals surface area contributed by atoms with E-state index in [-0.39, 0.29) is 5.91 Å². The Bertz CT molecular complexity index is 536. The first-order valence-corrected chi connectivity index (χ1v) is 6.62. The summed E-state index contributed by atoms with van der Waals surface area (Å²) in [5, 5.41) is 23.1. The number of amides is 1. The molecule has 0 atom stereocenters. The number of rotatable bonds is 4. The average Bonchev–Trinajstić information content (AvgIpc) is 2.66. The third kappa shape index (κ3) is 2.72. The van der Waals surface area contributed by atoms with Gasteiger partial charge in [-0.1, -0.05) is 18.2 Å². The lowest BCUT2D eigenvalue weighted by Gasteiger charge is -2.38. The summed E-state index contributed by atoms with van der Waals surface area (Å²) < 4.78 is 5.60. The van der Waals surface area contributed by atoms with Crippen LogP contribution in [0.5, 0.6) is 0 Å². The Morgan fingerprint density at radius 3 is 2.55 bits per heavy atom. The van der Waals surface area contributed by atoms with Crippen LogP contribution < -0.4 is 10.8 Å². The fraction of sp³-hybridized carbons (Fsp3) is 0.500. The Kier molecular flexibility index (Phi) is 3.66. The van der Waals surface area contributed by atoms with Crippen LogP contribution in [-0.4, -0.2) is 34.4 Å². The molecule has 0 saturated carbocycles. The smallest absolute Gasteiger partial charge is 0.423 e. The molecule has 0 unspecified atom stereocenters. The summed E-state index contributed by atoms with van der Waals surface area (Å²) in [5.41, 5.74) is -0.106. The average molecular weight is 277 g/mol. The second-order valence-electron chi connectivity index (χ2n) is 6.15. The highest BCUT2D eigenvalue weighted by atomic mass is 16.5. The van der Waals surface area contributed by atoms with E-state index in [4.69, 9.17) is 4.65 Å². The van der Waals surface area contributed by atoms with Gasteiger partial charge in [-0.2, -0.15) is 0 Å². The minimum absolute atomic E-state index is 0.0959. The quantitative estimate of drug-likeness (QED) is 0.698. The van der Waals surface area contributed by atoms with Crippen LogP contribution in [0.3, 0.4) is 0 Å². The topological polar surface area (TPSA) is 78.8 Å². The molecule has 108 valence electrons. The first-order valence-electron chi connectivity index (χ1n) is 6.62. The molecular formula is C14H20BNO4. The van der Waals surface area contributed by atoms with Crippen molar-refractivity contribution < 1.29 is 19.6 Å². The number of benzene rings is 1. The van der Waals surface area contributed by atoms with Gasteiger partial charge in [0.05, 0.1) is 17.6 Å². The fourth-order valence-electron chi connectivity index (χ4n) is 1.97. The van der Waals surface area contributed by atoms with Gasteiger partial charge in [0.1, 0.15) is 0 Å². The first kappa shape index (κ1) is 15.0. The Labute approximate surface area is 119 Å². The number of nitrogens with one attached hydrogen (secondary N) is 1. The number of fused-ring (bicyclic) bond motifs is 1. The molecule has 20 heavy (non-hydrogen) atoms. The Hall–Kier alpha value is -1.37. The van der Waals surface area contributed by atoms with Crippen molar-refractivity contribution >= 4 is 24.2 Å². The van der Waals surface area contributed by atoms with E-state index in [1.807, 2.05) is 6.07 Å². The van der Waals surface area contributed by atoms with Crippen LogP contribution in [0.2, 0.25) is 0 Å². The van der Waals surface area contributed by atoms with Crippen LogP contribution in [0.1, 0.15) is 33.3 Å². The third-order valence-corrected chi connectivity index (χ3v) is 3.94. The standard InChI is InChI=1S/C14H20BNO4/c1-13(2,18)14(3,4)20-15(19)10-7-5-6-9-8-11(17)16-12(9)10/h5-7,18-19H,8H2,1-4H3,(H,16,17). The summed E-state index contributed by atoms with van der Waals surface area (Å²) in [6, 6.07) is 5.32. The molecule has 0 fully saturated rings. The van der Waals surface area contributed by atoms with Gasteiger partial charge in [-0.3, -0.25) is 4.79 Å². The Balaban J connectivity index is 2.26. The molecular weight excluding hydrogens is 257 g/mol. The monoisotopic (exact) mass is 277 g/mol. The molecule has 1 aromatic rings. The summed E-state index contributed by atoms with van der Waals surface area (Å²) in [4.78, 5) is 11.4. The lowest BCUT2D eigenvalue weighted by Crippen LogP contribution is -2.53. The molecule has 0 aromatic heterocycles. The minimum Gasteiger partial charge on any atom is -0.423 e. The minimum atomic E-state index is -1.22. The van der Waals surface area contributed by atoms with E-state index >= 15 is 0 Å². The lowest BCUT2D eigenvalue weighted by atomic mass is 9.75. The second-order valence-corrected chi connectivity index (χ2v) is 6.15. The number of carbonyl (C=O) groups excluding carboxylic acids is 1. The van der Waals surface area contributed by atoms with Gasteiger partial charge in [0.2, 0.25) is 5.91 Å². The zero-order valence-electron chi connectivity index (χ0n) is 12.2. The van der Waals surface area contributed by atoms with Gasteiger partial charge in [0.15, 0.2) is 0 Å². The van der Waals surface area contributed by atoms with E-state index < -0.39 is 18.3 Å². The summed E-state index contributed by atoms with van der Waals surface area (Å²) in [5.74, 6) is -0.0959. The zero-order valence-corrected chi connectivity index (χ0v) is 12.2. The number of aliphatic hydroxyl groups is 1. The van der Waals surface area contributed by atoms with Crippen molar-refractivity contribution in [3.63, 3.8) is 0 Å². The van der Waals surface area contributed by atoms with Gasteiger partial charge in [0, 0.05) is 11.2 Å². The maximum Gasteiger partial charge on any atom is 0.493 e. The second kappa shape index (κ2) is 4.88. The van der Waals surface area contributed by atoms with Crippen molar-refractivity contribution in [2.45, 2.75) is 45.3 Å². The molecule has 5 nitrogen and oxygen atoms in total. The summed E-state index contributed by atoms with van der Waals surface area (Å²) in [6.07, 6.45) is 0.310. The molecule has 0 bridgehead atoms. The maximum atomic E-state index is 11.4.